The van der Waals surface area contributed by atoms with Gasteiger partial charge in [-0.25, -0.2) is 4.98 Å². The smallest absolute Gasteiger partial charge is 0.137 e. The first-order valence-electron chi connectivity index (χ1n) is 14.7. The average molecular weight is 490 g/mol. The lowest BCUT2D eigenvalue weighted by atomic mass is 9.90. The van der Waals surface area contributed by atoms with E-state index in [4.69, 9.17) is 8.85 Å². The van der Waals surface area contributed by atoms with Crippen LogP contribution in [0.4, 0.5) is 5.69 Å². The Morgan fingerprint density at radius 1 is 0.811 bits per heavy atom. The molecule has 0 radical (unpaired) electrons. The maximum Gasteiger partial charge on any atom is 0.137 e. The Morgan fingerprint density at radius 3 is 2.54 bits per heavy atom. The molecule has 5 aromatic rings. The Kier molecular flexibility index (Phi) is 4.03. The number of likely N-dealkylation sites (N-methyl/N-ethyl adjacent to an activating group) is 1. The minimum absolute atomic E-state index is 0.103. The van der Waals surface area contributed by atoms with E-state index >= 15 is 0 Å². The fraction of sp³-hybridized carbons (Fsp3) is 0.281. The lowest BCUT2D eigenvalue weighted by molar-refractivity contribution is 0.227. The van der Waals surface area contributed by atoms with Gasteiger partial charge in [0.1, 0.15) is 17.3 Å². The van der Waals surface area contributed by atoms with Crippen LogP contribution in [0.1, 0.15) is 23.4 Å². The molecule has 0 spiro atoms. The molecule has 0 amide bonds. The summed E-state index contributed by atoms with van der Waals surface area (Å²) >= 11 is 0. The van der Waals surface area contributed by atoms with Crippen LogP contribution < -0.4 is 9.64 Å². The molecule has 3 aromatic carbocycles. The van der Waals surface area contributed by atoms with Crippen LogP contribution >= 0.6 is 0 Å². The van der Waals surface area contributed by atoms with Crippen molar-refractivity contribution in [2.24, 2.45) is 11.8 Å². The van der Waals surface area contributed by atoms with Gasteiger partial charge in [0.2, 0.25) is 0 Å². The van der Waals surface area contributed by atoms with Gasteiger partial charge in [0.05, 0.1) is 17.7 Å². The van der Waals surface area contributed by atoms with E-state index in [0.717, 1.165) is 52.3 Å². The molecule has 4 atom stereocenters. The van der Waals surface area contributed by atoms with E-state index in [1.807, 2.05) is 42.6 Å². The number of para-hydroxylation sites is 1. The van der Waals surface area contributed by atoms with Crippen molar-refractivity contribution < 1.29 is 8.85 Å². The van der Waals surface area contributed by atoms with Crippen molar-refractivity contribution in [2.45, 2.75) is 31.3 Å². The van der Waals surface area contributed by atoms with Gasteiger partial charge in [-0.05, 0) is 80.5 Å². The monoisotopic (exact) mass is 489 g/mol. The predicted octanol–water partition coefficient (Wildman–Crippen LogP) is 6.85. The van der Waals surface area contributed by atoms with Gasteiger partial charge in [-0.1, -0.05) is 30.3 Å². The van der Waals surface area contributed by atoms with Crippen LogP contribution in [0.3, 0.4) is 0 Å². The van der Waals surface area contributed by atoms with Gasteiger partial charge in [0.15, 0.2) is 0 Å². The Morgan fingerprint density at radius 2 is 1.65 bits per heavy atom. The van der Waals surface area contributed by atoms with Gasteiger partial charge < -0.3 is 9.64 Å². The zero-order valence-corrected chi connectivity index (χ0v) is 20.5. The summed E-state index contributed by atoms with van der Waals surface area (Å²) in [5.41, 5.74) is 3.16. The van der Waals surface area contributed by atoms with Gasteiger partial charge in [-0.15, -0.1) is 0 Å². The van der Waals surface area contributed by atoms with Crippen LogP contribution in [0.2, 0.25) is 0 Å². The van der Waals surface area contributed by atoms with Gasteiger partial charge >= 0.3 is 0 Å². The Bertz CT molecular complexity index is 1730. The second-order valence-corrected chi connectivity index (χ2v) is 10.7. The van der Waals surface area contributed by atoms with Crippen molar-refractivity contribution >= 4 is 27.5 Å². The minimum atomic E-state index is -2.09. The largest absolute Gasteiger partial charge is 0.457 e. The van der Waals surface area contributed by atoms with E-state index < -0.39 is 6.98 Å². The van der Waals surface area contributed by atoms with E-state index in [1.165, 1.54) is 11.8 Å². The van der Waals surface area contributed by atoms with Crippen LogP contribution in [0, 0.1) is 11.8 Å². The molecule has 2 bridgehead atoms. The number of nitrogens with zero attached hydrogens (tertiary/aromatic N) is 4. The molecule has 184 valence electrons. The first-order valence-corrected chi connectivity index (χ1v) is 13.2. The van der Waals surface area contributed by atoms with Crippen LogP contribution in [-0.2, 0) is 0 Å². The molecule has 5 heteroatoms. The van der Waals surface area contributed by atoms with Crippen molar-refractivity contribution in [1.82, 2.24) is 14.5 Å². The molecule has 2 unspecified atom stereocenters. The molecule has 8 rings (SSSR count). The summed E-state index contributed by atoms with van der Waals surface area (Å²) in [5.74, 6) is 3.39. The quantitative estimate of drug-likeness (QED) is 0.277. The normalized spacial score (nSPS) is 26.4. The van der Waals surface area contributed by atoms with Gasteiger partial charge in [0, 0.05) is 51.0 Å². The molecule has 3 fully saturated rings. The first-order chi connectivity index (χ1) is 19.5. The molecule has 0 N–H and O–H groups in total. The third-order valence-corrected chi connectivity index (χ3v) is 8.76. The summed E-state index contributed by atoms with van der Waals surface area (Å²) in [5, 5.41) is 2.32. The number of hydrogen-bond acceptors (Lipinski definition) is 4. The third kappa shape index (κ3) is 3.23. The first kappa shape index (κ1) is 18.4. The van der Waals surface area contributed by atoms with Gasteiger partial charge in [0.25, 0.3) is 0 Å². The van der Waals surface area contributed by atoms with E-state index in [0.29, 0.717) is 18.5 Å². The molecular weight excluding hydrogens is 456 g/mol. The summed E-state index contributed by atoms with van der Waals surface area (Å²) in [6, 6.07) is 29.0. The third-order valence-electron chi connectivity index (χ3n) is 8.76. The van der Waals surface area contributed by atoms with Crippen molar-refractivity contribution in [3.05, 3.63) is 91.1 Å². The Hall–Kier alpha value is -3.83. The minimum Gasteiger partial charge on any atom is -0.457 e. The number of rotatable bonds is 4. The second-order valence-electron chi connectivity index (χ2n) is 10.7. The molecule has 3 aliphatic rings. The highest BCUT2D eigenvalue weighted by Crippen LogP contribution is 2.52. The highest BCUT2D eigenvalue weighted by atomic mass is 16.5. The molecule has 2 saturated carbocycles. The lowest BCUT2D eigenvalue weighted by Crippen LogP contribution is -2.41. The van der Waals surface area contributed by atoms with E-state index in [2.05, 4.69) is 63.0 Å². The molecule has 3 heterocycles. The average Bonchev–Trinajstić information content (AvgIpc) is 3.73. The van der Waals surface area contributed by atoms with Crippen molar-refractivity contribution in [2.75, 3.05) is 18.5 Å². The lowest BCUT2D eigenvalue weighted by Gasteiger charge is -2.32. The summed E-state index contributed by atoms with van der Waals surface area (Å²) in [4.78, 5) is 8.71. The topological polar surface area (TPSA) is 33.5 Å². The fourth-order valence-electron chi connectivity index (χ4n) is 7.32. The zero-order chi connectivity index (χ0) is 27.0. The fourth-order valence-corrected chi connectivity index (χ4v) is 7.32. The molecule has 5 nitrogen and oxygen atoms in total. The summed E-state index contributed by atoms with van der Waals surface area (Å²) in [6.07, 6.45) is 5.29. The van der Waals surface area contributed by atoms with Gasteiger partial charge in [-0.3, -0.25) is 9.47 Å². The molecule has 2 aliphatic carbocycles. The van der Waals surface area contributed by atoms with Crippen LogP contribution in [0.5, 0.6) is 11.5 Å². The Labute approximate surface area is 221 Å². The zero-order valence-electron chi connectivity index (χ0n) is 23.5. The highest BCUT2D eigenvalue weighted by molar-refractivity contribution is 6.09. The van der Waals surface area contributed by atoms with E-state index in [1.54, 1.807) is 4.90 Å². The maximum atomic E-state index is 8.19. The summed E-state index contributed by atoms with van der Waals surface area (Å²) in [6.45, 7) is -1.66. The number of pyridine rings is 1. The van der Waals surface area contributed by atoms with Crippen LogP contribution in [0.25, 0.3) is 27.6 Å². The molecule has 1 aliphatic heterocycles. The van der Waals surface area contributed by atoms with Crippen molar-refractivity contribution in [3.8, 4) is 17.3 Å². The maximum absolute atomic E-state index is 8.19. The number of anilines is 1. The standard InChI is InChI=1S/C32H30N4O/c1-34-20-35(32-22-13-12-21(17-22)31(32)34)23-7-6-8-24(18-23)37-25-14-15-27-26-9-2-3-10-28(26)36(29(27)19-25)30-11-4-5-16-33-30/h2-11,14-16,18-19,21-22,31-32H,12-13,17,20H2,1H3/t21?,22-,31?,32+/m1/s1/i1D3. The van der Waals surface area contributed by atoms with Gasteiger partial charge in [-0.2, -0.15) is 0 Å². The van der Waals surface area contributed by atoms with Crippen LogP contribution in [0.15, 0.2) is 91.1 Å². The van der Waals surface area contributed by atoms with E-state index in [9.17, 15) is 0 Å². The molecule has 1 saturated heterocycles. The van der Waals surface area contributed by atoms with E-state index in [-0.39, 0.29) is 12.1 Å². The number of fused-ring (bicyclic) bond motifs is 8. The molecular formula is C32H30N4O. The van der Waals surface area contributed by atoms with Crippen LogP contribution in [-0.4, -0.2) is 40.2 Å². The van der Waals surface area contributed by atoms with Crippen molar-refractivity contribution in [3.63, 3.8) is 0 Å². The number of aromatic nitrogens is 2. The number of ether oxygens (including phenoxy) is 1. The number of benzene rings is 3. The number of hydrogen-bond donors (Lipinski definition) is 0. The molecule has 2 aromatic heterocycles. The summed E-state index contributed by atoms with van der Waals surface area (Å²) in [7, 11) is 0. The SMILES string of the molecule is [2H]C([2H])([2H])N1CN(c2cccc(Oc3ccc4c5ccccc5n(-c5ccccn5)c4c3)c2)[C@@H]2C1C1CC[C@@H]2C1. The second kappa shape index (κ2) is 8.09. The predicted molar refractivity (Wildman–Crippen MR) is 149 cm³/mol. The molecule has 37 heavy (non-hydrogen) atoms. The Balaban J connectivity index is 1.15. The van der Waals surface area contributed by atoms with Crippen molar-refractivity contribution in [1.29, 1.82) is 0 Å². The highest BCUT2D eigenvalue weighted by Gasteiger charge is 2.55. The summed E-state index contributed by atoms with van der Waals surface area (Å²) < 4.78 is 33.2.